The summed E-state index contributed by atoms with van der Waals surface area (Å²) in [6.45, 7) is 1.25. The molecule has 9 heteroatoms. The van der Waals surface area contributed by atoms with E-state index >= 15 is 0 Å². The average Bonchev–Trinajstić information content (AvgIpc) is 3.39. The molecule has 1 aliphatic heterocycles. The summed E-state index contributed by atoms with van der Waals surface area (Å²) in [5.74, 6) is 1.28. The van der Waals surface area contributed by atoms with Crippen molar-refractivity contribution in [2.24, 2.45) is 5.14 Å². The highest BCUT2D eigenvalue weighted by Crippen LogP contribution is 2.34. The molecule has 0 saturated carbocycles. The second kappa shape index (κ2) is 7.86. The molecule has 0 unspecified atom stereocenters. The Morgan fingerprint density at radius 3 is 2.59 bits per heavy atom. The molecule has 0 bridgehead atoms. The van der Waals surface area contributed by atoms with Crippen LogP contribution in [-0.4, -0.2) is 44.6 Å². The third-order valence-electron chi connectivity index (χ3n) is 4.69. The fourth-order valence-electron chi connectivity index (χ4n) is 3.22. The third-order valence-corrected chi connectivity index (χ3v) is 5.62. The molecule has 0 spiro atoms. The summed E-state index contributed by atoms with van der Waals surface area (Å²) in [5, 5.41) is 9.55. The van der Waals surface area contributed by atoms with Crippen molar-refractivity contribution in [2.75, 3.05) is 20.3 Å². The average molecular weight is 415 g/mol. The number of primary sulfonamides is 1. The van der Waals surface area contributed by atoms with E-state index in [0.717, 1.165) is 17.7 Å². The normalized spacial score (nSPS) is 16.7. The maximum absolute atomic E-state index is 11.5. The molecule has 0 aliphatic carbocycles. The van der Waals surface area contributed by atoms with Crippen molar-refractivity contribution in [3.8, 4) is 28.4 Å². The van der Waals surface area contributed by atoms with Gasteiger partial charge >= 0.3 is 0 Å². The quantitative estimate of drug-likeness (QED) is 0.663. The van der Waals surface area contributed by atoms with E-state index in [0.29, 0.717) is 30.4 Å². The van der Waals surface area contributed by atoms with Gasteiger partial charge in [-0.3, -0.25) is 0 Å². The number of nitrogens with two attached hydrogens (primary N) is 1. The first-order valence-electron chi connectivity index (χ1n) is 9.06. The predicted molar refractivity (Wildman–Crippen MR) is 107 cm³/mol. The van der Waals surface area contributed by atoms with Crippen LogP contribution in [0, 0.1) is 0 Å². The molecular weight excluding hydrogens is 394 g/mol. The monoisotopic (exact) mass is 415 g/mol. The zero-order valence-electron chi connectivity index (χ0n) is 15.8. The van der Waals surface area contributed by atoms with Crippen molar-refractivity contribution < 1.29 is 22.6 Å². The molecule has 1 atom stereocenters. The first-order chi connectivity index (χ1) is 14.0. The Balaban J connectivity index is 1.68. The molecule has 1 aliphatic rings. The van der Waals surface area contributed by atoms with Crippen molar-refractivity contribution in [3.63, 3.8) is 0 Å². The van der Waals surface area contributed by atoms with E-state index in [2.05, 4.69) is 5.10 Å². The summed E-state index contributed by atoms with van der Waals surface area (Å²) in [6, 6.07) is 13.8. The van der Waals surface area contributed by atoms with Crippen molar-refractivity contribution in [1.82, 2.24) is 9.78 Å². The van der Waals surface area contributed by atoms with Crippen molar-refractivity contribution in [3.05, 3.63) is 54.7 Å². The first-order valence-corrected chi connectivity index (χ1v) is 10.6. The lowest BCUT2D eigenvalue weighted by Crippen LogP contribution is -2.16. The Morgan fingerprint density at radius 1 is 1.14 bits per heavy atom. The molecule has 8 nitrogen and oxygen atoms in total. The molecule has 152 valence electrons. The molecule has 0 amide bonds. The number of benzene rings is 2. The fraction of sp³-hybridized carbons (Fsp3) is 0.250. The summed E-state index contributed by atoms with van der Waals surface area (Å²) in [6.07, 6.45) is 2.51. The topological polar surface area (TPSA) is 106 Å². The Kier molecular flexibility index (Phi) is 5.27. The summed E-state index contributed by atoms with van der Waals surface area (Å²) in [7, 11) is -2.14. The zero-order chi connectivity index (χ0) is 20.4. The number of hydrogen-bond acceptors (Lipinski definition) is 6. The summed E-state index contributed by atoms with van der Waals surface area (Å²) in [5.41, 5.74) is 2.41. The smallest absolute Gasteiger partial charge is 0.238 e. The fourth-order valence-corrected chi connectivity index (χ4v) is 3.73. The lowest BCUT2D eigenvalue weighted by Gasteiger charge is -2.16. The Labute approximate surface area is 168 Å². The van der Waals surface area contributed by atoms with E-state index in [1.807, 2.05) is 24.3 Å². The lowest BCUT2D eigenvalue weighted by atomic mass is 10.1. The first kappa shape index (κ1) is 19.4. The minimum atomic E-state index is -3.75. The largest absolute Gasteiger partial charge is 0.493 e. The Hall–Kier alpha value is -2.88. The minimum absolute atomic E-state index is 0.00480. The molecule has 2 heterocycles. The van der Waals surface area contributed by atoms with Crippen LogP contribution in [0.1, 0.15) is 6.42 Å². The second-order valence-corrected chi connectivity index (χ2v) is 8.20. The van der Waals surface area contributed by atoms with E-state index in [1.165, 1.54) is 12.1 Å². The van der Waals surface area contributed by atoms with Crippen molar-refractivity contribution >= 4 is 10.0 Å². The van der Waals surface area contributed by atoms with Crippen molar-refractivity contribution in [1.29, 1.82) is 0 Å². The Morgan fingerprint density at radius 2 is 1.93 bits per heavy atom. The molecule has 29 heavy (non-hydrogen) atoms. The molecule has 1 fully saturated rings. The van der Waals surface area contributed by atoms with E-state index in [-0.39, 0.29) is 11.0 Å². The van der Waals surface area contributed by atoms with Gasteiger partial charge in [-0.1, -0.05) is 0 Å². The van der Waals surface area contributed by atoms with Gasteiger partial charge in [0.25, 0.3) is 0 Å². The molecule has 3 aromatic rings. The molecule has 4 rings (SSSR count). The maximum Gasteiger partial charge on any atom is 0.238 e. The molecule has 2 N–H and O–H groups in total. The zero-order valence-corrected chi connectivity index (χ0v) is 16.6. The van der Waals surface area contributed by atoms with E-state index in [4.69, 9.17) is 19.3 Å². The van der Waals surface area contributed by atoms with Gasteiger partial charge in [-0.2, -0.15) is 5.10 Å². The number of nitrogens with zero attached hydrogens (tertiary/aromatic N) is 2. The van der Waals surface area contributed by atoms with Gasteiger partial charge in [-0.15, -0.1) is 0 Å². The molecule has 1 aromatic heterocycles. The molecular formula is C20H21N3O5S. The van der Waals surface area contributed by atoms with Crippen LogP contribution in [0.2, 0.25) is 0 Å². The van der Waals surface area contributed by atoms with E-state index in [9.17, 15) is 8.42 Å². The van der Waals surface area contributed by atoms with Crippen LogP contribution >= 0.6 is 0 Å². The second-order valence-electron chi connectivity index (χ2n) is 6.64. The Bertz CT molecular complexity index is 1100. The number of sulfonamides is 1. The van der Waals surface area contributed by atoms with Crippen LogP contribution in [0.3, 0.4) is 0 Å². The van der Waals surface area contributed by atoms with Crippen LogP contribution in [-0.2, 0) is 14.8 Å². The SMILES string of the molecule is COc1ccc(-c2ccnn2-c2ccc(S(N)(=O)=O)cc2)cc1O[C@@H]1CCOC1. The van der Waals surface area contributed by atoms with Crippen molar-refractivity contribution in [2.45, 2.75) is 17.4 Å². The maximum atomic E-state index is 11.5. The molecule has 1 saturated heterocycles. The van der Waals surface area contributed by atoms with Crippen LogP contribution in [0.4, 0.5) is 0 Å². The van der Waals surface area contributed by atoms with Crippen LogP contribution < -0.4 is 14.6 Å². The van der Waals surface area contributed by atoms with Gasteiger partial charge in [-0.05, 0) is 48.5 Å². The highest BCUT2D eigenvalue weighted by Gasteiger charge is 2.20. The minimum Gasteiger partial charge on any atom is -0.493 e. The van der Waals surface area contributed by atoms with Gasteiger partial charge in [0.15, 0.2) is 11.5 Å². The van der Waals surface area contributed by atoms with Gasteiger partial charge in [-0.25, -0.2) is 18.2 Å². The van der Waals surface area contributed by atoms with Crippen LogP contribution in [0.5, 0.6) is 11.5 Å². The highest BCUT2D eigenvalue weighted by molar-refractivity contribution is 7.89. The summed E-state index contributed by atoms with van der Waals surface area (Å²) in [4.78, 5) is 0.0499. The van der Waals surface area contributed by atoms with E-state index < -0.39 is 10.0 Å². The molecule has 0 radical (unpaired) electrons. The van der Waals surface area contributed by atoms with Crippen LogP contribution in [0.25, 0.3) is 16.9 Å². The molecule has 2 aromatic carbocycles. The van der Waals surface area contributed by atoms with Gasteiger partial charge < -0.3 is 14.2 Å². The van der Waals surface area contributed by atoms with Gasteiger partial charge in [0.2, 0.25) is 10.0 Å². The van der Waals surface area contributed by atoms with Gasteiger partial charge in [0.05, 0.1) is 42.8 Å². The lowest BCUT2D eigenvalue weighted by molar-refractivity contribution is 0.138. The van der Waals surface area contributed by atoms with Gasteiger partial charge in [0, 0.05) is 12.0 Å². The summed E-state index contributed by atoms with van der Waals surface area (Å²) < 4.78 is 41.6. The number of ether oxygens (including phenoxy) is 3. The van der Waals surface area contributed by atoms with Crippen LogP contribution in [0.15, 0.2) is 59.6 Å². The third kappa shape index (κ3) is 4.12. The van der Waals surface area contributed by atoms with E-state index in [1.54, 1.807) is 30.1 Å². The van der Waals surface area contributed by atoms with Gasteiger partial charge in [0.1, 0.15) is 6.10 Å². The number of aromatic nitrogens is 2. The number of methoxy groups -OCH3 is 1. The summed E-state index contributed by atoms with van der Waals surface area (Å²) >= 11 is 0. The highest BCUT2D eigenvalue weighted by atomic mass is 32.2. The number of hydrogen-bond donors (Lipinski definition) is 1. The number of rotatable bonds is 6. The predicted octanol–water partition coefficient (Wildman–Crippen LogP) is 2.36. The standard InChI is InChI=1S/C20H21N3O5S/c1-26-19-7-2-14(12-20(19)28-16-9-11-27-13-16)18-8-10-22-23(18)15-3-5-17(6-4-15)29(21,24)25/h2-8,10,12,16H,9,11,13H2,1H3,(H2,21,24,25)/t16-/m1/s1.